The van der Waals surface area contributed by atoms with Gasteiger partial charge in [0.1, 0.15) is 56.6 Å². The number of halogens is 2. The molecule has 0 spiro atoms. The van der Waals surface area contributed by atoms with Crippen molar-refractivity contribution in [3.05, 3.63) is 58.9 Å². The molecule has 0 saturated heterocycles. The zero-order valence-electron chi connectivity index (χ0n) is 18.4. The fourth-order valence-electron chi connectivity index (χ4n) is 3.70. The van der Waals surface area contributed by atoms with Gasteiger partial charge in [-0.15, -0.1) is 0 Å². The molecule has 182 valence electrons. The average Bonchev–Trinajstić information content (AvgIpc) is 2.70. The van der Waals surface area contributed by atoms with E-state index in [-0.39, 0.29) is 62.2 Å². The van der Waals surface area contributed by atoms with Crippen LogP contribution in [0, 0.1) is 5.82 Å². The minimum atomic E-state index is -1.32. The topological polar surface area (TPSA) is 130 Å². The Balaban J connectivity index is 0.00000544. The van der Waals surface area contributed by atoms with Crippen LogP contribution in [0.5, 0.6) is 11.5 Å². The first-order valence-electron chi connectivity index (χ1n) is 10.5. The number of carbonyl (C=O) groups is 2. The number of quaternary nitrogens is 2. The Morgan fingerprint density at radius 2 is 1.36 bits per heavy atom. The number of carbonyl (C=O) groups excluding carboxylic acids is 2. The van der Waals surface area contributed by atoms with Gasteiger partial charge in [0.25, 0.3) is 0 Å². The van der Waals surface area contributed by atoms with E-state index in [1.165, 1.54) is 6.07 Å². The van der Waals surface area contributed by atoms with E-state index in [0.717, 1.165) is 30.5 Å². The number of rotatable bonds is 13. The van der Waals surface area contributed by atoms with E-state index in [1.807, 2.05) is 19.1 Å². The average molecular weight is 484 g/mol. The largest absolute Gasteiger partial charge is 1.00 e. The van der Waals surface area contributed by atoms with Gasteiger partial charge in [0.05, 0.1) is 17.5 Å². The molecule has 0 aliphatic heterocycles. The van der Waals surface area contributed by atoms with E-state index < -0.39 is 24.3 Å². The predicted octanol–water partition coefficient (Wildman–Crippen LogP) is -5.84. The van der Waals surface area contributed by atoms with Crippen LogP contribution < -0.4 is 32.4 Å². The van der Waals surface area contributed by atoms with Crippen molar-refractivity contribution in [2.24, 2.45) is 0 Å². The molecule has 33 heavy (non-hydrogen) atoms. The molecule has 0 amide bonds. The molecule has 8 nitrogen and oxygen atoms in total. The number of aromatic hydroxyl groups is 2. The van der Waals surface area contributed by atoms with Gasteiger partial charge >= 0.3 is 0 Å². The highest BCUT2D eigenvalue weighted by Crippen LogP contribution is 2.19. The molecule has 2 aromatic rings. The minimum Gasteiger partial charge on any atom is -1.00 e. The third-order valence-electron chi connectivity index (χ3n) is 5.23. The Bertz CT molecular complexity index is 943. The molecule has 2 atom stereocenters. The SMILES string of the molecule is CCCc1ccc(O)c(C[NH+](CC[NH+](CC(=O)[O-])Cc2cc(F)ccc2O)CC(=O)[O-])c1.[Cl-]. The van der Waals surface area contributed by atoms with Gasteiger partial charge in [-0.05, 0) is 42.3 Å². The lowest BCUT2D eigenvalue weighted by Gasteiger charge is -2.25. The standard InChI is InChI=1S/C23H29FN2O6.ClH/c1-2-3-16-4-6-20(27)17(10-16)12-25(14-22(29)30)8-9-26(15-23(31)32)13-18-11-19(24)5-7-21(18)28;/h4-7,10-11,27-28H,2-3,8-9,12-15H2,1H3,(H,29,30)(H,31,32);1H/p-1. The molecule has 0 aliphatic rings. The summed E-state index contributed by atoms with van der Waals surface area (Å²) < 4.78 is 13.5. The molecular formula is C23H29ClFN2O6-. The van der Waals surface area contributed by atoms with Gasteiger partial charge in [-0.1, -0.05) is 19.4 Å². The second-order valence-corrected chi connectivity index (χ2v) is 7.94. The number of carboxylic acid groups (broad SMARTS) is 2. The monoisotopic (exact) mass is 483 g/mol. The highest BCUT2D eigenvalue weighted by Gasteiger charge is 2.19. The van der Waals surface area contributed by atoms with Gasteiger partial charge in [-0.3, -0.25) is 0 Å². The fourth-order valence-corrected chi connectivity index (χ4v) is 3.70. The third kappa shape index (κ3) is 9.65. The van der Waals surface area contributed by atoms with Gasteiger partial charge in [0, 0.05) is 5.56 Å². The van der Waals surface area contributed by atoms with Crippen LogP contribution in [0.3, 0.4) is 0 Å². The summed E-state index contributed by atoms with van der Waals surface area (Å²) >= 11 is 0. The van der Waals surface area contributed by atoms with Gasteiger partial charge in [-0.2, -0.15) is 0 Å². The molecular weight excluding hydrogens is 455 g/mol. The van der Waals surface area contributed by atoms with Crippen molar-refractivity contribution >= 4 is 11.9 Å². The summed E-state index contributed by atoms with van der Waals surface area (Å²) in [5.74, 6) is -3.24. The highest BCUT2D eigenvalue weighted by atomic mass is 35.5. The highest BCUT2D eigenvalue weighted by molar-refractivity contribution is 5.65. The number of benzene rings is 2. The van der Waals surface area contributed by atoms with Crippen LogP contribution in [0.15, 0.2) is 36.4 Å². The second kappa shape index (κ2) is 13.6. The Morgan fingerprint density at radius 3 is 1.85 bits per heavy atom. The fraction of sp³-hybridized carbons (Fsp3) is 0.391. The van der Waals surface area contributed by atoms with E-state index in [0.29, 0.717) is 15.4 Å². The van der Waals surface area contributed by atoms with Gasteiger partial charge in [0.2, 0.25) is 0 Å². The molecule has 10 heteroatoms. The number of carboxylic acids is 2. The van der Waals surface area contributed by atoms with E-state index in [4.69, 9.17) is 0 Å². The maximum absolute atomic E-state index is 13.5. The minimum absolute atomic E-state index is 0. The molecule has 0 fully saturated rings. The van der Waals surface area contributed by atoms with Crippen LogP contribution in [0.1, 0.15) is 30.0 Å². The van der Waals surface area contributed by atoms with E-state index in [9.17, 15) is 34.4 Å². The van der Waals surface area contributed by atoms with Crippen LogP contribution in [-0.2, 0) is 29.1 Å². The van der Waals surface area contributed by atoms with E-state index >= 15 is 0 Å². The number of hydrogen-bond donors (Lipinski definition) is 4. The Hall–Kier alpha value is -2.88. The van der Waals surface area contributed by atoms with Crippen LogP contribution in [0.25, 0.3) is 0 Å². The Labute approximate surface area is 198 Å². The van der Waals surface area contributed by atoms with E-state index in [2.05, 4.69) is 0 Å². The first-order valence-corrected chi connectivity index (χ1v) is 10.5. The van der Waals surface area contributed by atoms with Gasteiger partial charge in [0.15, 0.2) is 0 Å². The number of aryl methyl sites for hydroxylation is 1. The quantitative estimate of drug-likeness (QED) is 0.225. The lowest BCUT2D eigenvalue weighted by Crippen LogP contribution is -3.20. The lowest BCUT2D eigenvalue weighted by molar-refractivity contribution is -0.965. The van der Waals surface area contributed by atoms with Crippen LogP contribution >= 0.6 is 0 Å². The van der Waals surface area contributed by atoms with Crippen molar-refractivity contribution in [2.45, 2.75) is 32.9 Å². The van der Waals surface area contributed by atoms with Crippen molar-refractivity contribution in [1.29, 1.82) is 0 Å². The molecule has 0 saturated carbocycles. The van der Waals surface area contributed by atoms with Gasteiger partial charge < -0.3 is 52.2 Å². The molecule has 0 bridgehead atoms. The first-order chi connectivity index (χ1) is 15.2. The summed E-state index contributed by atoms with van der Waals surface area (Å²) in [4.78, 5) is 23.5. The first kappa shape index (κ1) is 28.2. The molecule has 0 heterocycles. The van der Waals surface area contributed by atoms with Crippen molar-refractivity contribution in [1.82, 2.24) is 0 Å². The van der Waals surface area contributed by atoms with Crippen molar-refractivity contribution < 1.29 is 56.6 Å². The summed E-state index contributed by atoms with van der Waals surface area (Å²) in [5, 5.41) is 42.6. The number of phenolic OH excluding ortho intramolecular Hbond substituents is 2. The smallest absolute Gasteiger partial charge is 0.127 e. The summed E-state index contributed by atoms with van der Waals surface area (Å²) in [6.45, 7) is 1.99. The number of aliphatic carboxylic acids is 2. The zero-order valence-corrected chi connectivity index (χ0v) is 19.2. The molecule has 2 rings (SSSR count). The number of phenols is 2. The van der Waals surface area contributed by atoms with Crippen molar-refractivity contribution in [3.8, 4) is 11.5 Å². The summed E-state index contributed by atoms with van der Waals surface area (Å²) in [5.41, 5.74) is 1.86. The molecule has 4 N–H and O–H groups in total. The molecule has 0 aliphatic carbocycles. The molecule has 2 aromatic carbocycles. The number of hydrogen-bond acceptors (Lipinski definition) is 6. The summed E-state index contributed by atoms with van der Waals surface area (Å²) in [6.07, 6.45) is 1.75. The zero-order chi connectivity index (χ0) is 23.7. The molecule has 2 unspecified atom stereocenters. The van der Waals surface area contributed by atoms with Crippen LogP contribution in [0.2, 0.25) is 0 Å². The molecule has 0 radical (unpaired) electrons. The second-order valence-electron chi connectivity index (χ2n) is 7.94. The summed E-state index contributed by atoms with van der Waals surface area (Å²) in [7, 11) is 0. The van der Waals surface area contributed by atoms with Crippen molar-refractivity contribution in [3.63, 3.8) is 0 Å². The lowest BCUT2D eigenvalue weighted by atomic mass is 10.1. The predicted molar refractivity (Wildman–Crippen MR) is 109 cm³/mol. The normalized spacial score (nSPS) is 12.5. The maximum atomic E-state index is 13.5. The Morgan fingerprint density at radius 1 is 0.879 bits per heavy atom. The maximum Gasteiger partial charge on any atom is 0.127 e. The van der Waals surface area contributed by atoms with Gasteiger partial charge in [-0.25, -0.2) is 4.39 Å². The van der Waals surface area contributed by atoms with Crippen molar-refractivity contribution in [2.75, 3.05) is 26.2 Å². The van der Waals surface area contributed by atoms with Crippen LogP contribution in [-0.4, -0.2) is 48.3 Å². The van der Waals surface area contributed by atoms with E-state index in [1.54, 1.807) is 6.07 Å². The number of nitrogens with one attached hydrogen (secondary N) is 2. The Kier molecular flexibility index (Phi) is 11.6. The third-order valence-corrected chi connectivity index (χ3v) is 5.23. The molecule has 0 aromatic heterocycles. The van der Waals surface area contributed by atoms with Crippen LogP contribution in [0.4, 0.5) is 4.39 Å². The summed E-state index contributed by atoms with van der Waals surface area (Å²) in [6, 6.07) is 8.66.